The number of hydrogen-bond acceptors (Lipinski definition) is 8. The molecule has 3 aromatic rings. The van der Waals surface area contributed by atoms with Crippen LogP contribution in [0.1, 0.15) is 5.56 Å². The standard InChI is InChI=1S/C23H24F3N5O4S/c1-30(17-4-8-19(35-2)9-5-17)13-16-12-27-22(28-14-23(24,25)26)29-21(16)31(15-32)18-6-10-20(11-7-18)36(3,33)34/h4-12,15H,13-14H2,1-3H3,(H,27,28,29). The van der Waals surface area contributed by atoms with Crippen LogP contribution in [0.5, 0.6) is 5.75 Å². The van der Waals surface area contributed by atoms with Crippen LogP contribution in [0.4, 0.5) is 36.3 Å². The average Bonchev–Trinajstić information content (AvgIpc) is 2.83. The van der Waals surface area contributed by atoms with E-state index in [2.05, 4.69) is 15.3 Å². The number of methoxy groups -OCH3 is 1. The van der Waals surface area contributed by atoms with Crippen LogP contribution in [0.2, 0.25) is 0 Å². The highest BCUT2D eigenvalue weighted by molar-refractivity contribution is 7.90. The first-order valence-corrected chi connectivity index (χ1v) is 12.4. The number of anilines is 4. The van der Waals surface area contributed by atoms with Crippen LogP contribution in [0.25, 0.3) is 0 Å². The Morgan fingerprint density at radius 2 is 1.67 bits per heavy atom. The molecule has 192 valence electrons. The van der Waals surface area contributed by atoms with Crippen molar-refractivity contribution in [2.75, 3.05) is 42.1 Å². The Labute approximate surface area is 206 Å². The van der Waals surface area contributed by atoms with Crippen LogP contribution in [0.3, 0.4) is 0 Å². The maximum atomic E-state index is 12.7. The van der Waals surface area contributed by atoms with Gasteiger partial charge in [0.1, 0.15) is 18.1 Å². The van der Waals surface area contributed by atoms with Crippen LogP contribution in [0, 0.1) is 0 Å². The topological polar surface area (TPSA) is 105 Å². The fourth-order valence-corrected chi connectivity index (χ4v) is 3.88. The lowest BCUT2D eigenvalue weighted by Crippen LogP contribution is -2.25. The Morgan fingerprint density at radius 3 is 2.19 bits per heavy atom. The molecule has 1 heterocycles. The summed E-state index contributed by atoms with van der Waals surface area (Å²) in [6, 6.07) is 12.7. The van der Waals surface area contributed by atoms with E-state index in [9.17, 15) is 26.4 Å². The number of rotatable bonds is 10. The SMILES string of the molecule is COc1ccc(N(C)Cc2cnc(NCC(F)(F)F)nc2N(C=O)c2ccc(S(C)(=O)=O)cc2)cc1. The van der Waals surface area contributed by atoms with E-state index in [1.165, 1.54) is 30.5 Å². The van der Waals surface area contributed by atoms with Crippen molar-refractivity contribution >= 4 is 39.4 Å². The molecule has 2 aromatic carbocycles. The first-order valence-electron chi connectivity index (χ1n) is 10.5. The zero-order chi connectivity index (χ0) is 26.5. The Balaban J connectivity index is 2.00. The van der Waals surface area contributed by atoms with E-state index in [1.807, 2.05) is 17.0 Å². The lowest BCUT2D eigenvalue weighted by Gasteiger charge is -2.24. The van der Waals surface area contributed by atoms with E-state index >= 15 is 0 Å². The van der Waals surface area contributed by atoms with Gasteiger partial charge in [-0.05, 0) is 48.5 Å². The number of benzene rings is 2. The molecule has 0 atom stereocenters. The fraction of sp³-hybridized carbons (Fsp3) is 0.261. The first-order chi connectivity index (χ1) is 16.9. The maximum absolute atomic E-state index is 12.7. The normalized spacial score (nSPS) is 11.6. The van der Waals surface area contributed by atoms with Crippen LogP contribution in [-0.2, 0) is 21.2 Å². The van der Waals surface area contributed by atoms with Gasteiger partial charge in [-0.3, -0.25) is 9.69 Å². The van der Waals surface area contributed by atoms with Gasteiger partial charge in [-0.1, -0.05) is 0 Å². The molecule has 0 bridgehead atoms. The number of alkyl halides is 3. The van der Waals surface area contributed by atoms with Gasteiger partial charge in [-0.2, -0.15) is 18.2 Å². The summed E-state index contributed by atoms with van der Waals surface area (Å²) in [4.78, 5) is 23.3. The van der Waals surface area contributed by atoms with Crippen molar-refractivity contribution in [3.63, 3.8) is 0 Å². The number of ether oxygens (including phenoxy) is 1. The number of sulfone groups is 1. The lowest BCUT2D eigenvalue weighted by atomic mass is 10.2. The van der Waals surface area contributed by atoms with E-state index in [-0.39, 0.29) is 28.9 Å². The molecule has 0 spiro atoms. The summed E-state index contributed by atoms with van der Waals surface area (Å²) in [5.41, 5.74) is 1.51. The van der Waals surface area contributed by atoms with Gasteiger partial charge in [0.25, 0.3) is 0 Å². The Hall–Kier alpha value is -3.87. The molecular formula is C23H24F3N5O4S. The highest BCUT2D eigenvalue weighted by Crippen LogP contribution is 2.29. The molecule has 1 aromatic heterocycles. The van der Waals surface area contributed by atoms with Gasteiger partial charge in [0.2, 0.25) is 12.4 Å². The van der Waals surface area contributed by atoms with E-state index < -0.39 is 22.6 Å². The minimum Gasteiger partial charge on any atom is -0.497 e. The molecule has 0 aliphatic heterocycles. The van der Waals surface area contributed by atoms with Crippen LogP contribution >= 0.6 is 0 Å². The number of hydrogen-bond donors (Lipinski definition) is 1. The van der Waals surface area contributed by atoms with Crippen LogP contribution < -0.4 is 19.9 Å². The highest BCUT2D eigenvalue weighted by atomic mass is 32.2. The molecule has 0 aliphatic carbocycles. The number of aromatic nitrogens is 2. The van der Waals surface area contributed by atoms with Gasteiger partial charge >= 0.3 is 6.18 Å². The third-order valence-corrected chi connectivity index (χ3v) is 6.21. The summed E-state index contributed by atoms with van der Waals surface area (Å²) in [6.45, 7) is -1.16. The predicted molar refractivity (Wildman–Crippen MR) is 129 cm³/mol. The van der Waals surface area contributed by atoms with Crippen molar-refractivity contribution in [2.24, 2.45) is 0 Å². The molecule has 0 unspecified atom stereocenters. The third kappa shape index (κ3) is 6.84. The van der Waals surface area contributed by atoms with Crippen LogP contribution in [-0.4, -0.2) is 57.9 Å². The number of amides is 1. The summed E-state index contributed by atoms with van der Waals surface area (Å²) >= 11 is 0. The second-order valence-corrected chi connectivity index (χ2v) is 9.82. The number of nitrogens with zero attached hydrogens (tertiary/aromatic N) is 4. The summed E-state index contributed by atoms with van der Waals surface area (Å²) in [6.07, 6.45) is -1.66. The molecule has 0 saturated heterocycles. The largest absolute Gasteiger partial charge is 0.497 e. The second kappa shape index (κ2) is 10.8. The lowest BCUT2D eigenvalue weighted by molar-refractivity contribution is -0.115. The quantitative estimate of drug-likeness (QED) is 0.400. The molecule has 36 heavy (non-hydrogen) atoms. The smallest absolute Gasteiger partial charge is 0.405 e. The van der Waals surface area contributed by atoms with Crippen molar-refractivity contribution in [2.45, 2.75) is 17.6 Å². The molecule has 13 heteroatoms. The van der Waals surface area contributed by atoms with Crippen molar-refractivity contribution < 1.29 is 31.1 Å². The summed E-state index contributed by atoms with van der Waals surface area (Å²) in [5, 5.41) is 2.11. The van der Waals surface area contributed by atoms with Crippen molar-refractivity contribution in [3.05, 3.63) is 60.3 Å². The molecule has 1 amide bonds. The molecule has 0 saturated carbocycles. The molecule has 9 nitrogen and oxygen atoms in total. The van der Waals surface area contributed by atoms with Gasteiger partial charge in [-0.25, -0.2) is 13.4 Å². The first kappa shape index (κ1) is 26.7. The van der Waals surface area contributed by atoms with Gasteiger partial charge in [0.15, 0.2) is 9.84 Å². The van der Waals surface area contributed by atoms with Crippen LogP contribution in [0.15, 0.2) is 59.6 Å². The Bertz CT molecular complexity index is 1300. The third-order valence-electron chi connectivity index (χ3n) is 5.09. The van der Waals surface area contributed by atoms with E-state index in [0.29, 0.717) is 17.7 Å². The van der Waals surface area contributed by atoms with E-state index in [0.717, 1.165) is 16.8 Å². The number of carbonyl (C=O) groups is 1. The minimum absolute atomic E-state index is 0.0390. The van der Waals surface area contributed by atoms with Crippen molar-refractivity contribution in [3.8, 4) is 5.75 Å². The molecule has 0 radical (unpaired) electrons. The molecule has 0 aliphatic rings. The number of halogens is 3. The molecule has 0 fully saturated rings. The molecule has 1 N–H and O–H groups in total. The average molecular weight is 524 g/mol. The maximum Gasteiger partial charge on any atom is 0.405 e. The van der Waals surface area contributed by atoms with Gasteiger partial charge in [0, 0.05) is 37.3 Å². The van der Waals surface area contributed by atoms with Gasteiger partial charge < -0.3 is 15.0 Å². The van der Waals surface area contributed by atoms with E-state index in [4.69, 9.17) is 4.74 Å². The predicted octanol–water partition coefficient (Wildman–Crippen LogP) is 3.79. The summed E-state index contributed by atoms with van der Waals surface area (Å²) < 4.78 is 66.9. The van der Waals surface area contributed by atoms with Gasteiger partial charge in [0.05, 0.1) is 17.7 Å². The minimum atomic E-state index is -4.50. The molecular weight excluding hydrogens is 499 g/mol. The summed E-state index contributed by atoms with van der Waals surface area (Å²) in [7, 11) is -0.135. The van der Waals surface area contributed by atoms with E-state index in [1.54, 1.807) is 26.3 Å². The zero-order valence-electron chi connectivity index (χ0n) is 19.7. The monoisotopic (exact) mass is 523 g/mol. The summed E-state index contributed by atoms with van der Waals surface area (Å²) in [5.74, 6) is 0.385. The Morgan fingerprint density at radius 1 is 1.06 bits per heavy atom. The van der Waals surface area contributed by atoms with Gasteiger partial charge in [-0.15, -0.1) is 0 Å². The fourth-order valence-electron chi connectivity index (χ4n) is 3.25. The number of nitrogens with one attached hydrogen (secondary N) is 1. The van der Waals surface area contributed by atoms with Crippen molar-refractivity contribution in [1.82, 2.24) is 9.97 Å². The Kier molecular flexibility index (Phi) is 8.03. The second-order valence-electron chi connectivity index (χ2n) is 7.81. The number of carbonyl (C=O) groups excluding carboxylic acids is 1. The molecule has 3 rings (SSSR count). The van der Waals surface area contributed by atoms with Crippen molar-refractivity contribution in [1.29, 1.82) is 0 Å². The highest BCUT2D eigenvalue weighted by Gasteiger charge is 2.27. The zero-order valence-corrected chi connectivity index (χ0v) is 20.5.